The van der Waals surface area contributed by atoms with Crippen LogP contribution in [0.4, 0.5) is 13.2 Å². The Labute approximate surface area is 58.8 Å². The van der Waals surface area contributed by atoms with Gasteiger partial charge in [-0.2, -0.15) is 13.2 Å². The molecular formula is C2H5F3O3SSi. The number of halogens is 3. The van der Waals surface area contributed by atoms with Gasteiger partial charge >= 0.3 is 6.18 Å². The summed E-state index contributed by atoms with van der Waals surface area (Å²) in [6.45, 7) is 0. The molecule has 0 bridgehead atoms. The molecular weight excluding hydrogens is 189 g/mol. The summed E-state index contributed by atoms with van der Waals surface area (Å²) in [7, 11) is -4.59. The van der Waals surface area contributed by atoms with Crippen molar-refractivity contribution in [2.24, 2.45) is 0 Å². The molecule has 0 rings (SSSR count). The summed E-state index contributed by atoms with van der Waals surface area (Å²) in [5, 5.41) is 0. The van der Waals surface area contributed by atoms with Crippen LogP contribution >= 0.6 is 0 Å². The summed E-state index contributed by atoms with van der Waals surface area (Å²) in [6.07, 6.45) is -4.71. The Bertz CT molecular complexity index is 194. The zero-order valence-electron chi connectivity index (χ0n) is 4.97. The van der Waals surface area contributed by atoms with Crippen LogP contribution in [0.15, 0.2) is 0 Å². The van der Waals surface area contributed by atoms with E-state index in [0.29, 0.717) is 0 Å². The first-order valence-corrected chi connectivity index (χ1v) is 4.51. The largest absolute Gasteiger partial charge is 0.405 e. The van der Waals surface area contributed by atoms with E-state index in [1.165, 1.54) is 0 Å². The Morgan fingerprint density at radius 3 is 1.90 bits per heavy atom. The number of rotatable bonds is 2. The molecule has 0 aliphatic rings. The zero-order chi connectivity index (χ0) is 8.41. The molecule has 62 valence electrons. The molecule has 0 aromatic carbocycles. The lowest BCUT2D eigenvalue weighted by atomic mass is 10.8. The van der Waals surface area contributed by atoms with Crippen molar-refractivity contribution in [1.29, 1.82) is 0 Å². The number of alkyl halides is 3. The van der Waals surface area contributed by atoms with Gasteiger partial charge in [-0.1, -0.05) is 0 Å². The maximum Gasteiger partial charge on any atom is 0.405 e. The smallest absolute Gasteiger partial charge is 0.327 e. The number of hydrogen-bond donors (Lipinski definition) is 0. The Balaban J connectivity index is 4.18. The van der Waals surface area contributed by atoms with Crippen LogP contribution in [0.25, 0.3) is 0 Å². The Morgan fingerprint density at radius 1 is 1.40 bits per heavy atom. The molecule has 0 saturated carbocycles. The lowest BCUT2D eigenvalue weighted by Crippen LogP contribution is -2.23. The monoisotopic (exact) mass is 194 g/mol. The van der Waals surface area contributed by atoms with Gasteiger partial charge in [0, 0.05) is 0 Å². The van der Waals surface area contributed by atoms with Crippen molar-refractivity contribution in [3.63, 3.8) is 0 Å². The van der Waals surface area contributed by atoms with E-state index in [0.717, 1.165) is 0 Å². The maximum absolute atomic E-state index is 11.3. The van der Waals surface area contributed by atoms with Gasteiger partial charge in [-0.05, 0) is 0 Å². The molecule has 8 heteroatoms. The van der Waals surface area contributed by atoms with Crippen LogP contribution in [0.3, 0.4) is 0 Å². The molecule has 10 heavy (non-hydrogen) atoms. The van der Waals surface area contributed by atoms with Gasteiger partial charge in [-0.25, -0.2) is 8.42 Å². The normalized spacial score (nSPS) is 13.9. The standard InChI is InChI=1S/C2H5F3O3SSi/c3-2(4,5)1-9(6,7)8-10/h1H2,10H3. The first-order valence-electron chi connectivity index (χ1n) is 2.12. The van der Waals surface area contributed by atoms with Crippen molar-refractivity contribution in [2.45, 2.75) is 6.18 Å². The summed E-state index contributed by atoms with van der Waals surface area (Å²) < 4.78 is 57.8. The fourth-order valence-corrected chi connectivity index (χ4v) is 1.13. The average Bonchev–Trinajstić information content (AvgIpc) is 1.60. The topological polar surface area (TPSA) is 43.4 Å². The molecule has 0 atom stereocenters. The fourth-order valence-electron chi connectivity index (χ4n) is 0.259. The highest BCUT2D eigenvalue weighted by molar-refractivity contribution is 7.87. The van der Waals surface area contributed by atoms with E-state index in [2.05, 4.69) is 3.87 Å². The Morgan fingerprint density at radius 2 is 1.80 bits per heavy atom. The molecule has 0 aliphatic carbocycles. The van der Waals surface area contributed by atoms with Gasteiger partial charge in [-0.3, -0.25) is 0 Å². The Hall–Kier alpha value is -0.0831. The van der Waals surface area contributed by atoms with Gasteiger partial charge in [-0.15, -0.1) is 0 Å². The molecule has 0 radical (unpaired) electrons. The van der Waals surface area contributed by atoms with E-state index >= 15 is 0 Å². The van der Waals surface area contributed by atoms with Crippen molar-refractivity contribution in [3.8, 4) is 0 Å². The van der Waals surface area contributed by atoms with E-state index in [1.54, 1.807) is 0 Å². The highest BCUT2D eigenvalue weighted by atomic mass is 32.2. The highest BCUT2D eigenvalue weighted by Crippen LogP contribution is 2.17. The van der Waals surface area contributed by atoms with Crippen molar-refractivity contribution in [3.05, 3.63) is 0 Å². The van der Waals surface area contributed by atoms with Gasteiger partial charge in [0.1, 0.15) is 0 Å². The van der Waals surface area contributed by atoms with Crippen LogP contribution in [0.2, 0.25) is 0 Å². The molecule has 0 spiro atoms. The average molecular weight is 194 g/mol. The van der Waals surface area contributed by atoms with Gasteiger partial charge in [0.05, 0.1) is 0 Å². The predicted molar refractivity (Wildman–Crippen MR) is 30.9 cm³/mol. The lowest BCUT2D eigenvalue weighted by Gasteiger charge is -2.04. The van der Waals surface area contributed by atoms with Crippen LogP contribution in [-0.2, 0) is 14.0 Å². The van der Waals surface area contributed by atoms with Gasteiger partial charge in [0.2, 0.25) is 0 Å². The second-order valence-corrected chi connectivity index (χ2v) is 4.22. The van der Waals surface area contributed by atoms with E-state index in [1.807, 2.05) is 0 Å². The third kappa shape index (κ3) is 4.76. The quantitative estimate of drug-likeness (QED) is 0.539. The van der Waals surface area contributed by atoms with Crippen LogP contribution < -0.4 is 0 Å². The van der Waals surface area contributed by atoms with E-state index in [4.69, 9.17) is 0 Å². The molecule has 3 nitrogen and oxygen atoms in total. The minimum absolute atomic E-state index is 0.247. The highest BCUT2D eigenvalue weighted by Gasteiger charge is 2.34. The molecule has 0 aromatic heterocycles. The summed E-state index contributed by atoms with van der Waals surface area (Å²) in [4.78, 5) is 0. The molecule has 0 aliphatic heterocycles. The van der Waals surface area contributed by atoms with Crippen molar-refractivity contribution in [2.75, 3.05) is 5.75 Å². The van der Waals surface area contributed by atoms with E-state index in [9.17, 15) is 21.6 Å². The second kappa shape index (κ2) is 2.89. The fraction of sp³-hybridized carbons (Fsp3) is 1.00. The minimum atomic E-state index is -4.71. The predicted octanol–water partition coefficient (Wildman–Crippen LogP) is -0.825. The number of hydrogen-bond acceptors (Lipinski definition) is 3. The van der Waals surface area contributed by atoms with Crippen molar-refractivity contribution >= 4 is 20.6 Å². The van der Waals surface area contributed by atoms with E-state index < -0.39 is 22.0 Å². The molecule has 0 unspecified atom stereocenters. The zero-order valence-corrected chi connectivity index (χ0v) is 7.79. The first-order chi connectivity index (χ1) is 4.27. The molecule has 0 saturated heterocycles. The third-order valence-electron chi connectivity index (χ3n) is 0.594. The summed E-state index contributed by atoms with van der Waals surface area (Å²) in [5.74, 6) is -1.90. The van der Waals surface area contributed by atoms with Crippen molar-refractivity contribution < 1.29 is 25.5 Å². The first kappa shape index (κ1) is 9.92. The molecule has 0 amide bonds. The van der Waals surface area contributed by atoms with Crippen LogP contribution in [0.1, 0.15) is 0 Å². The lowest BCUT2D eigenvalue weighted by molar-refractivity contribution is -0.107. The molecule has 0 fully saturated rings. The minimum Gasteiger partial charge on any atom is -0.327 e. The van der Waals surface area contributed by atoms with Crippen molar-refractivity contribution in [1.82, 2.24) is 0 Å². The molecule has 0 N–H and O–H groups in total. The Kier molecular flexibility index (Phi) is 2.86. The summed E-state index contributed by atoms with van der Waals surface area (Å²) >= 11 is 0. The van der Waals surface area contributed by atoms with Gasteiger partial charge in [0.15, 0.2) is 16.2 Å². The SMILES string of the molecule is O=S(=O)(CC(F)(F)F)O[SiH3]. The van der Waals surface area contributed by atoms with E-state index in [-0.39, 0.29) is 10.5 Å². The molecule has 0 heterocycles. The van der Waals surface area contributed by atoms with Crippen LogP contribution in [0, 0.1) is 0 Å². The van der Waals surface area contributed by atoms with Crippen LogP contribution in [0.5, 0.6) is 0 Å². The second-order valence-electron chi connectivity index (χ2n) is 1.48. The van der Waals surface area contributed by atoms with Gasteiger partial charge < -0.3 is 3.87 Å². The maximum atomic E-state index is 11.3. The molecule has 0 aromatic rings. The van der Waals surface area contributed by atoms with Crippen LogP contribution in [-0.4, -0.2) is 30.8 Å². The summed E-state index contributed by atoms with van der Waals surface area (Å²) in [6, 6.07) is 0. The third-order valence-corrected chi connectivity index (χ3v) is 3.31. The summed E-state index contributed by atoms with van der Waals surface area (Å²) in [5.41, 5.74) is 0. The van der Waals surface area contributed by atoms with Gasteiger partial charge in [0.25, 0.3) is 10.1 Å².